The number of allylic oxidation sites excluding steroid dienone is 2. The Bertz CT molecular complexity index is 517. The Balaban J connectivity index is 2.18. The lowest BCUT2D eigenvalue weighted by Gasteiger charge is -2.29. The van der Waals surface area contributed by atoms with E-state index in [1.807, 2.05) is 25.1 Å². The van der Waals surface area contributed by atoms with E-state index in [-0.39, 0.29) is 11.2 Å². The molecule has 18 heavy (non-hydrogen) atoms. The monoisotopic (exact) mass is 263 g/mol. The number of halogens is 1. The maximum atomic E-state index is 11.7. The zero-order chi connectivity index (χ0) is 13.3. The van der Waals surface area contributed by atoms with Gasteiger partial charge in [0.05, 0.1) is 0 Å². The third kappa shape index (κ3) is 3.14. The zero-order valence-electron chi connectivity index (χ0n) is 11.0. The molecule has 0 saturated carbocycles. The molecule has 1 aromatic rings. The van der Waals surface area contributed by atoms with Gasteiger partial charge in [-0.15, -0.1) is 0 Å². The Morgan fingerprint density at radius 1 is 1.28 bits per heavy atom. The first-order valence-corrected chi connectivity index (χ1v) is 6.50. The molecule has 1 aromatic carbocycles. The van der Waals surface area contributed by atoms with Crippen molar-refractivity contribution in [3.05, 3.63) is 40.6 Å². The fraction of sp³-hybridized carbons (Fsp3) is 0.400. The Morgan fingerprint density at radius 3 is 2.61 bits per heavy atom. The van der Waals surface area contributed by atoms with Crippen LogP contribution in [0.4, 0.5) is 5.69 Å². The summed E-state index contributed by atoms with van der Waals surface area (Å²) in [6.45, 7) is 6.20. The van der Waals surface area contributed by atoms with Crippen LogP contribution in [0, 0.1) is 12.3 Å². The summed E-state index contributed by atoms with van der Waals surface area (Å²) in [5.41, 5.74) is 2.98. The van der Waals surface area contributed by atoms with Gasteiger partial charge in [-0.05, 0) is 36.5 Å². The molecule has 0 unspecified atom stereocenters. The van der Waals surface area contributed by atoms with Gasteiger partial charge in [-0.25, -0.2) is 0 Å². The molecule has 2 rings (SSSR count). The Kier molecular flexibility index (Phi) is 3.49. The van der Waals surface area contributed by atoms with Crippen LogP contribution < -0.4 is 5.32 Å². The van der Waals surface area contributed by atoms with Gasteiger partial charge in [0.2, 0.25) is 0 Å². The van der Waals surface area contributed by atoms with Gasteiger partial charge in [0, 0.05) is 28.9 Å². The van der Waals surface area contributed by atoms with Crippen molar-refractivity contribution in [3.63, 3.8) is 0 Å². The van der Waals surface area contributed by atoms with Crippen LogP contribution in [0.25, 0.3) is 0 Å². The minimum atomic E-state index is 0.0304. The van der Waals surface area contributed by atoms with E-state index < -0.39 is 0 Å². The van der Waals surface area contributed by atoms with Crippen molar-refractivity contribution in [3.8, 4) is 0 Å². The first-order valence-electron chi connectivity index (χ1n) is 6.12. The van der Waals surface area contributed by atoms with Crippen LogP contribution >= 0.6 is 11.6 Å². The first-order chi connectivity index (χ1) is 8.35. The highest BCUT2D eigenvalue weighted by molar-refractivity contribution is 6.31. The molecule has 0 aliphatic heterocycles. The number of hydrogen-bond donors (Lipinski definition) is 1. The number of anilines is 1. The highest BCUT2D eigenvalue weighted by atomic mass is 35.5. The van der Waals surface area contributed by atoms with Gasteiger partial charge < -0.3 is 5.32 Å². The topological polar surface area (TPSA) is 29.1 Å². The van der Waals surface area contributed by atoms with Gasteiger partial charge in [0.15, 0.2) is 5.78 Å². The molecule has 1 N–H and O–H groups in total. The molecule has 96 valence electrons. The molecule has 0 aromatic heterocycles. The van der Waals surface area contributed by atoms with Crippen LogP contribution in [0.3, 0.4) is 0 Å². The summed E-state index contributed by atoms with van der Waals surface area (Å²) < 4.78 is 0. The third-order valence-electron chi connectivity index (χ3n) is 3.13. The smallest absolute Gasteiger partial charge is 0.157 e. The van der Waals surface area contributed by atoms with Crippen LogP contribution in [0.1, 0.15) is 32.3 Å². The molecule has 2 nitrogen and oxygen atoms in total. The molecule has 0 spiro atoms. The normalized spacial score (nSPS) is 18.4. The van der Waals surface area contributed by atoms with Crippen molar-refractivity contribution >= 4 is 23.1 Å². The second-order valence-corrected chi connectivity index (χ2v) is 6.15. The second kappa shape index (κ2) is 4.77. The molecule has 1 aliphatic rings. The van der Waals surface area contributed by atoms with E-state index >= 15 is 0 Å². The third-order valence-corrected chi connectivity index (χ3v) is 3.54. The fourth-order valence-electron chi connectivity index (χ4n) is 2.28. The van der Waals surface area contributed by atoms with Gasteiger partial charge in [0.25, 0.3) is 0 Å². The summed E-state index contributed by atoms with van der Waals surface area (Å²) in [7, 11) is 0. The van der Waals surface area contributed by atoms with Crippen LogP contribution in [0.15, 0.2) is 30.0 Å². The van der Waals surface area contributed by atoms with E-state index in [0.717, 1.165) is 28.4 Å². The van der Waals surface area contributed by atoms with E-state index in [1.165, 1.54) is 0 Å². The van der Waals surface area contributed by atoms with E-state index in [2.05, 4.69) is 19.2 Å². The summed E-state index contributed by atoms with van der Waals surface area (Å²) in [6, 6.07) is 5.85. The lowest BCUT2D eigenvalue weighted by atomic mass is 9.79. The van der Waals surface area contributed by atoms with Gasteiger partial charge in [-0.2, -0.15) is 0 Å². The number of hydrogen-bond acceptors (Lipinski definition) is 2. The lowest BCUT2D eigenvalue weighted by Crippen LogP contribution is -2.24. The van der Waals surface area contributed by atoms with Crippen molar-refractivity contribution in [1.82, 2.24) is 0 Å². The molecular weight excluding hydrogens is 246 g/mol. The van der Waals surface area contributed by atoms with Crippen molar-refractivity contribution in [2.75, 3.05) is 5.32 Å². The molecule has 0 amide bonds. The highest BCUT2D eigenvalue weighted by Gasteiger charge is 2.27. The number of benzene rings is 1. The standard InChI is InChI=1S/C15H18ClNO/c1-10-4-5-11(7-14(10)16)17-12-6-13(18)9-15(2,3)8-12/h4-7,17H,8-9H2,1-3H3. The SMILES string of the molecule is Cc1ccc(NC2=CC(=O)CC(C)(C)C2)cc1Cl. The van der Waals surface area contributed by atoms with E-state index in [0.29, 0.717) is 6.42 Å². The number of aryl methyl sites for hydroxylation is 1. The Morgan fingerprint density at radius 2 is 2.00 bits per heavy atom. The fourth-order valence-corrected chi connectivity index (χ4v) is 2.46. The largest absolute Gasteiger partial charge is 0.359 e. The summed E-state index contributed by atoms with van der Waals surface area (Å²) in [5, 5.41) is 4.03. The van der Waals surface area contributed by atoms with Crippen molar-refractivity contribution in [2.24, 2.45) is 5.41 Å². The van der Waals surface area contributed by atoms with Crippen LogP contribution in [0.2, 0.25) is 5.02 Å². The predicted molar refractivity (Wildman–Crippen MR) is 75.9 cm³/mol. The molecule has 0 heterocycles. The minimum absolute atomic E-state index is 0.0304. The molecule has 0 atom stereocenters. The number of nitrogens with one attached hydrogen (secondary N) is 1. The quantitative estimate of drug-likeness (QED) is 0.860. The second-order valence-electron chi connectivity index (χ2n) is 5.74. The Labute approximate surface area is 113 Å². The average Bonchev–Trinajstić information content (AvgIpc) is 2.20. The molecule has 0 radical (unpaired) electrons. The first kappa shape index (κ1) is 13.2. The zero-order valence-corrected chi connectivity index (χ0v) is 11.8. The maximum Gasteiger partial charge on any atom is 0.157 e. The maximum absolute atomic E-state index is 11.7. The predicted octanol–water partition coefficient (Wildman–Crippen LogP) is 4.33. The number of carbonyl (C=O) groups is 1. The van der Waals surface area contributed by atoms with Crippen LogP contribution in [-0.4, -0.2) is 5.78 Å². The molecule has 0 fully saturated rings. The summed E-state index contributed by atoms with van der Waals surface area (Å²) in [4.78, 5) is 11.7. The summed E-state index contributed by atoms with van der Waals surface area (Å²) in [5.74, 6) is 0.187. The number of ketones is 1. The van der Waals surface area contributed by atoms with Crippen molar-refractivity contribution in [2.45, 2.75) is 33.6 Å². The van der Waals surface area contributed by atoms with Crippen LogP contribution in [-0.2, 0) is 4.79 Å². The minimum Gasteiger partial charge on any atom is -0.359 e. The van der Waals surface area contributed by atoms with Gasteiger partial charge in [-0.1, -0.05) is 31.5 Å². The van der Waals surface area contributed by atoms with Gasteiger partial charge in [0.1, 0.15) is 0 Å². The number of rotatable bonds is 2. The molecular formula is C15H18ClNO. The summed E-state index contributed by atoms with van der Waals surface area (Å²) >= 11 is 6.09. The molecule has 3 heteroatoms. The van der Waals surface area contributed by atoms with Gasteiger partial charge in [-0.3, -0.25) is 4.79 Å². The molecule has 1 aliphatic carbocycles. The molecule has 0 bridgehead atoms. The van der Waals surface area contributed by atoms with E-state index in [4.69, 9.17) is 11.6 Å². The summed E-state index contributed by atoms with van der Waals surface area (Å²) in [6.07, 6.45) is 3.20. The van der Waals surface area contributed by atoms with Crippen molar-refractivity contribution < 1.29 is 4.79 Å². The number of carbonyl (C=O) groups excluding carboxylic acids is 1. The van der Waals surface area contributed by atoms with E-state index in [9.17, 15) is 4.79 Å². The van der Waals surface area contributed by atoms with Crippen molar-refractivity contribution in [1.29, 1.82) is 0 Å². The molecule has 0 saturated heterocycles. The van der Waals surface area contributed by atoms with E-state index in [1.54, 1.807) is 6.08 Å². The lowest BCUT2D eigenvalue weighted by molar-refractivity contribution is -0.117. The average molecular weight is 264 g/mol. The van der Waals surface area contributed by atoms with Gasteiger partial charge >= 0.3 is 0 Å². The highest BCUT2D eigenvalue weighted by Crippen LogP contribution is 2.34. The van der Waals surface area contributed by atoms with Crippen LogP contribution in [0.5, 0.6) is 0 Å². The Hall–Kier alpha value is -1.28.